The monoisotopic (exact) mass is 488 g/mol. The zero-order valence-electron chi connectivity index (χ0n) is 19.1. The molecule has 1 N–H and O–H groups in total. The van der Waals surface area contributed by atoms with E-state index >= 15 is 0 Å². The number of hydrogen-bond acceptors (Lipinski definition) is 6. The number of aromatic nitrogens is 2. The van der Waals surface area contributed by atoms with Crippen molar-refractivity contribution < 1.29 is 14.1 Å². The van der Waals surface area contributed by atoms with Gasteiger partial charge in [-0.15, -0.1) is 0 Å². The third kappa shape index (κ3) is 5.88. The van der Waals surface area contributed by atoms with Gasteiger partial charge in [0.2, 0.25) is 17.6 Å². The van der Waals surface area contributed by atoms with Crippen molar-refractivity contribution in [3.8, 4) is 22.9 Å². The van der Waals surface area contributed by atoms with Crippen LogP contribution < -0.4 is 10.1 Å². The number of ether oxygens (including phenoxy) is 1. The molecular formula is C27H25ClN4O3. The lowest BCUT2D eigenvalue weighted by Crippen LogP contribution is -2.37. The van der Waals surface area contributed by atoms with Crippen LogP contribution in [0.15, 0.2) is 83.4 Å². The Balaban J connectivity index is 1.15. The van der Waals surface area contributed by atoms with E-state index in [9.17, 15) is 4.79 Å². The van der Waals surface area contributed by atoms with Crippen LogP contribution in [0.1, 0.15) is 18.7 Å². The Hall–Kier alpha value is -3.68. The molecule has 5 rings (SSSR count). The summed E-state index contributed by atoms with van der Waals surface area (Å²) in [5.74, 6) is 2.36. The topological polar surface area (TPSA) is 80.5 Å². The lowest BCUT2D eigenvalue weighted by atomic mass is 9.96. The summed E-state index contributed by atoms with van der Waals surface area (Å²) in [6.45, 7) is 2.10. The first-order chi connectivity index (χ1) is 17.1. The number of para-hydroxylation sites is 3. The molecule has 0 spiro atoms. The summed E-state index contributed by atoms with van der Waals surface area (Å²) < 4.78 is 11.4. The Labute approximate surface area is 208 Å². The van der Waals surface area contributed by atoms with Crippen LogP contribution in [0.5, 0.6) is 11.5 Å². The van der Waals surface area contributed by atoms with Crippen LogP contribution >= 0.6 is 11.6 Å². The molecule has 1 fully saturated rings. The standard InChI is InChI=1S/C27H25ClN4O3/c28-21-8-6-7-20(17-21)26-30-25(35-31-26)18-32-15-13-19(14-16-32)27(33)29-23-11-4-5-12-24(23)34-22-9-2-1-3-10-22/h1-12,17,19H,13-16,18H2,(H,29,33). The molecule has 0 saturated carbocycles. The first kappa shape index (κ1) is 23.1. The van der Waals surface area contributed by atoms with Crippen LogP contribution in [-0.2, 0) is 11.3 Å². The van der Waals surface area contributed by atoms with Gasteiger partial charge in [0.15, 0.2) is 5.75 Å². The Morgan fingerprint density at radius 3 is 2.60 bits per heavy atom. The maximum absolute atomic E-state index is 13.0. The highest BCUT2D eigenvalue weighted by molar-refractivity contribution is 6.30. The molecule has 0 unspecified atom stereocenters. The van der Waals surface area contributed by atoms with E-state index in [1.807, 2.05) is 72.8 Å². The first-order valence-corrected chi connectivity index (χ1v) is 12.0. The molecule has 4 aromatic rings. The number of carbonyl (C=O) groups is 1. The molecule has 178 valence electrons. The van der Waals surface area contributed by atoms with Crippen molar-refractivity contribution in [2.24, 2.45) is 5.92 Å². The molecule has 1 saturated heterocycles. The van der Waals surface area contributed by atoms with E-state index in [4.69, 9.17) is 20.9 Å². The van der Waals surface area contributed by atoms with Gasteiger partial charge in [0.25, 0.3) is 0 Å². The Morgan fingerprint density at radius 2 is 1.80 bits per heavy atom. The van der Waals surface area contributed by atoms with Crippen LogP contribution in [0.2, 0.25) is 5.02 Å². The van der Waals surface area contributed by atoms with Crippen molar-refractivity contribution in [2.75, 3.05) is 18.4 Å². The second-order valence-electron chi connectivity index (χ2n) is 8.47. The quantitative estimate of drug-likeness (QED) is 0.342. The third-order valence-corrected chi connectivity index (χ3v) is 6.22. The zero-order valence-corrected chi connectivity index (χ0v) is 19.8. The highest BCUT2D eigenvalue weighted by Crippen LogP contribution is 2.30. The van der Waals surface area contributed by atoms with E-state index in [1.165, 1.54) is 0 Å². The lowest BCUT2D eigenvalue weighted by molar-refractivity contribution is -0.121. The van der Waals surface area contributed by atoms with Crippen molar-refractivity contribution in [1.29, 1.82) is 0 Å². The number of amides is 1. The number of carbonyl (C=O) groups excluding carboxylic acids is 1. The van der Waals surface area contributed by atoms with Crippen molar-refractivity contribution in [3.05, 3.63) is 89.8 Å². The summed E-state index contributed by atoms with van der Waals surface area (Å²) in [4.78, 5) is 19.7. The number of benzene rings is 3. The molecule has 8 heteroatoms. The van der Waals surface area contributed by atoms with Crippen LogP contribution in [-0.4, -0.2) is 34.0 Å². The Kier molecular flexibility index (Phi) is 7.07. The van der Waals surface area contributed by atoms with Crippen LogP contribution in [0.4, 0.5) is 5.69 Å². The number of likely N-dealkylation sites (tertiary alicyclic amines) is 1. The fourth-order valence-electron chi connectivity index (χ4n) is 4.12. The van der Waals surface area contributed by atoms with Gasteiger partial charge in [-0.05, 0) is 62.3 Å². The lowest BCUT2D eigenvalue weighted by Gasteiger charge is -2.30. The van der Waals surface area contributed by atoms with Gasteiger partial charge in [-0.25, -0.2) is 0 Å². The summed E-state index contributed by atoms with van der Waals surface area (Å²) in [6, 6.07) is 24.4. The molecule has 35 heavy (non-hydrogen) atoms. The third-order valence-electron chi connectivity index (χ3n) is 5.98. The average Bonchev–Trinajstić information content (AvgIpc) is 3.35. The van der Waals surface area contributed by atoms with E-state index in [-0.39, 0.29) is 11.8 Å². The number of nitrogens with one attached hydrogen (secondary N) is 1. The van der Waals surface area contributed by atoms with Gasteiger partial charge >= 0.3 is 0 Å². The second-order valence-corrected chi connectivity index (χ2v) is 8.91. The molecular weight excluding hydrogens is 464 g/mol. The molecule has 1 aliphatic rings. The Morgan fingerprint density at radius 1 is 1.03 bits per heavy atom. The zero-order chi connectivity index (χ0) is 24.0. The SMILES string of the molecule is O=C(Nc1ccccc1Oc1ccccc1)C1CCN(Cc2nc(-c3cccc(Cl)c3)no2)CC1. The minimum Gasteiger partial charge on any atom is -0.455 e. The number of anilines is 1. The number of piperidine rings is 1. The smallest absolute Gasteiger partial charge is 0.241 e. The Bertz CT molecular complexity index is 1290. The molecule has 0 radical (unpaired) electrons. The predicted octanol–water partition coefficient (Wildman–Crippen LogP) is 6.03. The minimum atomic E-state index is -0.0688. The van der Waals surface area contributed by atoms with Gasteiger partial charge in [-0.1, -0.05) is 59.2 Å². The van der Waals surface area contributed by atoms with Crippen molar-refractivity contribution in [1.82, 2.24) is 15.0 Å². The fraction of sp³-hybridized carbons (Fsp3) is 0.222. The number of hydrogen-bond donors (Lipinski definition) is 1. The fourth-order valence-corrected chi connectivity index (χ4v) is 4.31. The van der Waals surface area contributed by atoms with Gasteiger partial charge in [0, 0.05) is 16.5 Å². The summed E-state index contributed by atoms with van der Waals surface area (Å²) in [6.07, 6.45) is 1.51. The number of nitrogens with zero attached hydrogens (tertiary/aromatic N) is 3. The van der Waals surface area contributed by atoms with Gasteiger partial charge in [0.05, 0.1) is 12.2 Å². The maximum atomic E-state index is 13.0. The highest BCUT2D eigenvalue weighted by Gasteiger charge is 2.26. The van der Waals surface area contributed by atoms with Gasteiger partial charge in [-0.3, -0.25) is 9.69 Å². The van der Waals surface area contributed by atoms with E-state index in [1.54, 1.807) is 6.07 Å². The summed E-state index contributed by atoms with van der Waals surface area (Å²) in [7, 11) is 0. The molecule has 1 amide bonds. The summed E-state index contributed by atoms with van der Waals surface area (Å²) >= 11 is 6.06. The highest BCUT2D eigenvalue weighted by atomic mass is 35.5. The molecule has 2 heterocycles. The van der Waals surface area contributed by atoms with Crippen molar-refractivity contribution in [2.45, 2.75) is 19.4 Å². The van der Waals surface area contributed by atoms with Gasteiger partial charge in [0.1, 0.15) is 5.75 Å². The molecule has 3 aromatic carbocycles. The second kappa shape index (κ2) is 10.7. The minimum absolute atomic E-state index is 0.00907. The van der Waals surface area contributed by atoms with Gasteiger partial charge in [-0.2, -0.15) is 4.98 Å². The van der Waals surface area contributed by atoms with E-state index in [2.05, 4.69) is 20.4 Å². The van der Waals surface area contributed by atoms with Crippen molar-refractivity contribution >= 4 is 23.2 Å². The van der Waals surface area contributed by atoms with Crippen LogP contribution in [0, 0.1) is 5.92 Å². The van der Waals surface area contributed by atoms with Crippen molar-refractivity contribution in [3.63, 3.8) is 0 Å². The molecule has 0 bridgehead atoms. The number of rotatable bonds is 7. The largest absolute Gasteiger partial charge is 0.455 e. The van der Waals surface area contributed by atoms with Gasteiger partial charge < -0.3 is 14.6 Å². The maximum Gasteiger partial charge on any atom is 0.241 e. The molecule has 0 atom stereocenters. The first-order valence-electron chi connectivity index (χ1n) is 11.6. The summed E-state index contributed by atoms with van der Waals surface area (Å²) in [5.41, 5.74) is 1.49. The summed E-state index contributed by atoms with van der Waals surface area (Å²) in [5, 5.41) is 7.76. The normalized spacial score (nSPS) is 14.5. The molecule has 1 aliphatic heterocycles. The number of halogens is 1. The molecule has 0 aliphatic carbocycles. The van der Waals surface area contributed by atoms with E-state index in [0.29, 0.717) is 34.7 Å². The molecule has 7 nitrogen and oxygen atoms in total. The van der Waals surface area contributed by atoms with E-state index < -0.39 is 0 Å². The molecule has 1 aromatic heterocycles. The van der Waals surface area contributed by atoms with E-state index in [0.717, 1.165) is 37.2 Å². The average molecular weight is 489 g/mol. The van der Waals surface area contributed by atoms with Crippen LogP contribution in [0.25, 0.3) is 11.4 Å². The van der Waals surface area contributed by atoms with Crippen LogP contribution in [0.3, 0.4) is 0 Å². The predicted molar refractivity (Wildman–Crippen MR) is 134 cm³/mol.